The number of allylic oxidation sites excluding steroid dienone is 2. The molecule has 0 saturated carbocycles. The summed E-state index contributed by atoms with van der Waals surface area (Å²) in [5.41, 5.74) is 0.211. The van der Waals surface area contributed by atoms with Gasteiger partial charge in [-0.2, -0.15) is 0 Å². The number of alkyl halides is 4. The number of ether oxygens (including phenoxy) is 1. The molecule has 1 aliphatic carbocycles. The van der Waals surface area contributed by atoms with Crippen molar-refractivity contribution in [1.29, 1.82) is 5.41 Å². The highest BCUT2D eigenvalue weighted by atomic mass is 35.5. The zero-order chi connectivity index (χ0) is 12.3. The Labute approximate surface area is 101 Å². The van der Waals surface area contributed by atoms with Crippen LogP contribution in [0.1, 0.15) is 12.8 Å². The van der Waals surface area contributed by atoms with Gasteiger partial charge in [0, 0.05) is 17.0 Å². The van der Waals surface area contributed by atoms with Crippen LogP contribution in [-0.4, -0.2) is 22.8 Å². The summed E-state index contributed by atoms with van der Waals surface area (Å²) < 4.78 is 39.6. The van der Waals surface area contributed by atoms with E-state index in [1.165, 1.54) is 11.4 Å². The Morgan fingerprint density at radius 1 is 1.62 bits per heavy atom. The Balaban J connectivity index is 2.68. The highest BCUT2D eigenvalue weighted by Gasteiger charge is 2.36. The Hall–Kier alpha value is -0.620. The van der Waals surface area contributed by atoms with Crippen LogP contribution in [0, 0.1) is 11.3 Å². The van der Waals surface area contributed by atoms with Crippen molar-refractivity contribution < 1.29 is 17.9 Å². The summed E-state index contributed by atoms with van der Waals surface area (Å²) in [6, 6.07) is 0. The first-order chi connectivity index (χ1) is 7.33. The lowest BCUT2D eigenvalue weighted by Crippen LogP contribution is -2.27. The Morgan fingerprint density at radius 3 is 2.69 bits per heavy atom. The van der Waals surface area contributed by atoms with E-state index in [0.29, 0.717) is 6.42 Å². The molecule has 0 aromatic heterocycles. The lowest BCUT2D eigenvalue weighted by molar-refractivity contribution is -0.306. The third kappa shape index (κ3) is 3.75. The average molecular weight is 272 g/mol. The van der Waals surface area contributed by atoms with Gasteiger partial charge in [-0.05, 0) is 18.9 Å². The number of rotatable bonds is 3. The Bertz CT molecular complexity index is 329. The van der Waals surface area contributed by atoms with Crippen molar-refractivity contribution in [2.24, 2.45) is 5.92 Å². The number of halogens is 4. The smallest absolute Gasteiger partial charge is 0.409 e. The molecule has 16 heavy (non-hydrogen) atoms. The largest absolute Gasteiger partial charge is 0.572 e. The van der Waals surface area contributed by atoms with Crippen LogP contribution in [0.2, 0.25) is 0 Å². The van der Waals surface area contributed by atoms with Gasteiger partial charge < -0.3 is 10.1 Å². The van der Waals surface area contributed by atoms with Crippen molar-refractivity contribution in [2.45, 2.75) is 24.6 Å². The SMILES string of the molecule is N=C(C=S)C1CC=C(OC(F)(F)F)C(Cl)C1. The maximum atomic E-state index is 11.9. The summed E-state index contributed by atoms with van der Waals surface area (Å²) in [6.07, 6.45) is -2.92. The predicted molar refractivity (Wildman–Crippen MR) is 59.0 cm³/mol. The molecular formula is C9H9ClF3NOS. The molecule has 90 valence electrons. The number of hydrogen-bond acceptors (Lipinski definition) is 3. The maximum Gasteiger partial charge on any atom is 0.572 e. The minimum absolute atomic E-state index is 0.211. The first kappa shape index (κ1) is 13.4. The van der Waals surface area contributed by atoms with Gasteiger partial charge in [0.15, 0.2) is 0 Å². The zero-order valence-corrected chi connectivity index (χ0v) is 9.62. The highest BCUT2D eigenvalue weighted by molar-refractivity contribution is 7.80. The van der Waals surface area contributed by atoms with E-state index in [0.717, 1.165) is 0 Å². The van der Waals surface area contributed by atoms with Gasteiger partial charge in [0.25, 0.3) is 0 Å². The third-order valence-corrected chi connectivity index (χ3v) is 2.85. The van der Waals surface area contributed by atoms with Gasteiger partial charge in [0.1, 0.15) is 5.76 Å². The lowest BCUT2D eigenvalue weighted by Gasteiger charge is -2.25. The van der Waals surface area contributed by atoms with Gasteiger partial charge in [0.05, 0.1) is 5.38 Å². The normalized spacial score (nSPS) is 25.9. The van der Waals surface area contributed by atoms with Crippen LogP contribution < -0.4 is 0 Å². The van der Waals surface area contributed by atoms with E-state index >= 15 is 0 Å². The Kier molecular flexibility index (Phi) is 4.32. The van der Waals surface area contributed by atoms with Crippen molar-refractivity contribution in [3.8, 4) is 0 Å². The van der Waals surface area contributed by atoms with Crippen LogP contribution in [0.5, 0.6) is 0 Å². The molecular weight excluding hydrogens is 263 g/mol. The van der Waals surface area contributed by atoms with Crippen molar-refractivity contribution in [1.82, 2.24) is 0 Å². The quantitative estimate of drug-likeness (QED) is 0.484. The fraction of sp³-hybridized carbons (Fsp3) is 0.556. The van der Waals surface area contributed by atoms with E-state index in [9.17, 15) is 13.2 Å². The second kappa shape index (κ2) is 5.14. The summed E-state index contributed by atoms with van der Waals surface area (Å²) in [4.78, 5) is 0. The molecule has 0 saturated heterocycles. The maximum absolute atomic E-state index is 11.9. The molecule has 0 heterocycles. The minimum atomic E-state index is -4.72. The van der Waals surface area contributed by atoms with E-state index in [1.807, 2.05) is 0 Å². The number of nitrogens with one attached hydrogen (secondary N) is 1. The van der Waals surface area contributed by atoms with E-state index in [2.05, 4.69) is 17.0 Å². The third-order valence-electron chi connectivity index (χ3n) is 2.20. The van der Waals surface area contributed by atoms with E-state index < -0.39 is 11.7 Å². The lowest BCUT2D eigenvalue weighted by atomic mass is 9.89. The van der Waals surface area contributed by atoms with Crippen LogP contribution in [-0.2, 0) is 4.74 Å². The second-order valence-electron chi connectivity index (χ2n) is 3.36. The molecule has 1 rings (SSSR count). The molecule has 0 amide bonds. The molecule has 0 aromatic rings. The predicted octanol–water partition coefficient (Wildman–Crippen LogP) is 3.44. The summed E-state index contributed by atoms with van der Waals surface area (Å²) in [6.45, 7) is 0. The molecule has 1 aliphatic rings. The van der Waals surface area contributed by atoms with Crippen LogP contribution in [0.3, 0.4) is 0 Å². The van der Waals surface area contributed by atoms with Gasteiger partial charge in [0.2, 0.25) is 0 Å². The van der Waals surface area contributed by atoms with Gasteiger partial charge in [-0.15, -0.1) is 24.8 Å². The molecule has 2 atom stereocenters. The van der Waals surface area contributed by atoms with Gasteiger partial charge in [-0.3, -0.25) is 0 Å². The van der Waals surface area contributed by atoms with E-state index in [1.54, 1.807) is 0 Å². The molecule has 0 fully saturated rings. The molecule has 0 bridgehead atoms. The fourth-order valence-corrected chi connectivity index (χ4v) is 1.98. The van der Waals surface area contributed by atoms with Gasteiger partial charge in [-0.1, -0.05) is 12.2 Å². The van der Waals surface area contributed by atoms with Crippen molar-refractivity contribution >= 4 is 34.9 Å². The molecule has 1 N–H and O–H groups in total. The van der Waals surface area contributed by atoms with Gasteiger partial charge >= 0.3 is 6.36 Å². The zero-order valence-electron chi connectivity index (χ0n) is 8.05. The van der Waals surface area contributed by atoms with Crippen LogP contribution in [0.4, 0.5) is 13.2 Å². The van der Waals surface area contributed by atoms with Crippen LogP contribution in [0.25, 0.3) is 0 Å². The fourth-order valence-electron chi connectivity index (χ4n) is 1.44. The van der Waals surface area contributed by atoms with Crippen LogP contribution in [0.15, 0.2) is 11.8 Å². The molecule has 0 radical (unpaired) electrons. The monoisotopic (exact) mass is 271 g/mol. The number of hydrogen-bond donors (Lipinski definition) is 1. The molecule has 2 nitrogen and oxygen atoms in total. The number of thiocarbonyl (C=S) groups is 1. The molecule has 0 spiro atoms. The standard InChI is InChI=1S/C9H9ClF3NOS/c10-6-3-5(7(14)4-16)1-2-8(6)15-9(11,12)13/h2,4-6,14H,1,3H2. The van der Waals surface area contributed by atoms with E-state index in [-0.39, 0.29) is 23.8 Å². The molecule has 0 aliphatic heterocycles. The first-order valence-electron chi connectivity index (χ1n) is 4.47. The average Bonchev–Trinajstić information content (AvgIpc) is 2.18. The summed E-state index contributed by atoms with van der Waals surface area (Å²) in [7, 11) is 0. The topological polar surface area (TPSA) is 33.1 Å². The Morgan fingerprint density at radius 2 is 2.25 bits per heavy atom. The van der Waals surface area contributed by atoms with E-state index in [4.69, 9.17) is 17.0 Å². The summed E-state index contributed by atoms with van der Waals surface area (Å²) in [5.74, 6) is -0.511. The van der Waals surface area contributed by atoms with Crippen molar-refractivity contribution in [3.05, 3.63) is 11.8 Å². The van der Waals surface area contributed by atoms with Crippen LogP contribution >= 0.6 is 23.8 Å². The molecule has 7 heteroatoms. The summed E-state index contributed by atoms with van der Waals surface area (Å²) in [5, 5.41) is 7.80. The van der Waals surface area contributed by atoms with Crippen molar-refractivity contribution in [3.63, 3.8) is 0 Å². The first-order valence-corrected chi connectivity index (χ1v) is 5.37. The minimum Gasteiger partial charge on any atom is -0.409 e. The summed E-state index contributed by atoms with van der Waals surface area (Å²) >= 11 is 10.3. The second-order valence-corrected chi connectivity index (χ2v) is 4.13. The van der Waals surface area contributed by atoms with Crippen molar-refractivity contribution in [2.75, 3.05) is 0 Å². The molecule has 2 unspecified atom stereocenters. The highest BCUT2D eigenvalue weighted by Crippen LogP contribution is 2.33. The van der Waals surface area contributed by atoms with Gasteiger partial charge in [-0.25, -0.2) is 0 Å². The molecule has 0 aromatic carbocycles.